The van der Waals surface area contributed by atoms with Crippen molar-refractivity contribution in [3.63, 3.8) is 0 Å². The SMILES string of the molecule is CCNc1cc(NCC(C)COC)nc(C)n1. The Morgan fingerprint density at radius 2 is 1.94 bits per heavy atom. The highest BCUT2D eigenvalue weighted by Gasteiger charge is 2.04. The van der Waals surface area contributed by atoms with Gasteiger partial charge in [0.25, 0.3) is 0 Å². The van der Waals surface area contributed by atoms with E-state index in [1.807, 2.05) is 19.9 Å². The van der Waals surface area contributed by atoms with E-state index in [0.717, 1.165) is 37.2 Å². The van der Waals surface area contributed by atoms with Crippen LogP contribution in [0.3, 0.4) is 0 Å². The molecule has 0 aromatic carbocycles. The van der Waals surface area contributed by atoms with Crippen molar-refractivity contribution in [2.75, 3.05) is 37.4 Å². The Morgan fingerprint density at radius 1 is 1.29 bits per heavy atom. The first kappa shape index (κ1) is 13.7. The third-order valence-electron chi connectivity index (χ3n) is 2.28. The van der Waals surface area contributed by atoms with Crippen LogP contribution in [-0.4, -0.2) is 36.8 Å². The maximum Gasteiger partial charge on any atom is 0.131 e. The molecule has 2 N–H and O–H groups in total. The first-order chi connectivity index (χ1) is 8.15. The molecule has 0 radical (unpaired) electrons. The summed E-state index contributed by atoms with van der Waals surface area (Å²) in [6.45, 7) is 8.52. The zero-order valence-corrected chi connectivity index (χ0v) is 11.1. The molecule has 0 saturated heterocycles. The topological polar surface area (TPSA) is 59.1 Å². The summed E-state index contributed by atoms with van der Waals surface area (Å²) in [5.41, 5.74) is 0. The fourth-order valence-corrected chi connectivity index (χ4v) is 1.55. The number of aromatic nitrogens is 2. The predicted molar refractivity (Wildman–Crippen MR) is 70.5 cm³/mol. The van der Waals surface area contributed by atoms with Gasteiger partial charge in [-0.1, -0.05) is 6.92 Å². The summed E-state index contributed by atoms with van der Waals surface area (Å²) in [5.74, 6) is 2.95. The summed E-state index contributed by atoms with van der Waals surface area (Å²) in [7, 11) is 1.72. The minimum atomic E-state index is 0.456. The lowest BCUT2D eigenvalue weighted by molar-refractivity contribution is 0.164. The van der Waals surface area contributed by atoms with Crippen LogP contribution in [0, 0.1) is 12.8 Å². The maximum atomic E-state index is 5.09. The molecule has 0 aliphatic carbocycles. The number of anilines is 2. The second-order valence-corrected chi connectivity index (χ2v) is 4.16. The summed E-state index contributed by atoms with van der Waals surface area (Å²) in [6, 6.07) is 1.93. The number of methoxy groups -OCH3 is 1. The molecular weight excluding hydrogens is 216 g/mol. The zero-order chi connectivity index (χ0) is 12.7. The van der Waals surface area contributed by atoms with E-state index < -0.39 is 0 Å². The molecule has 0 saturated carbocycles. The van der Waals surface area contributed by atoms with Crippen LogP contribution < -0.4 is 10.6 Å². The lowest BCUT2D eigenvalue weighted by Crippen LogP contribution is -2.17. The van der Waals surface area contributed by atoms with Crippen LogP contribution in [0.15, 0.2) is 6.07 Å². The van der Waals surface area contributed by atoms with E-state index in [4.69, 9.17) is 4.74 Å². The fourth-order valence-electron chi connectivity index (χ4n) is 1.55. The fraction of sp³-hybridized carbons (Fsp3) is 0.667. The summed E-state index contributed by atoms with van der Waals surface area (Å²) in [5, 5.41) is 6.48. The molecule has 1 heterocycles. The van der Waals surface area contributed by atoms with Gasteiger partial charge in [0.1, 0.15) is 17.5 Å². The number of hydrogen-bond donors (Lipinski definition) is 2. The van der Waals surface area contributed by atoms with Crippen LogP contribution >= 0.6 is 0 Å². The quantitative estimate of drug-likeness (QED) is 0.760. The van der Waals surface area contributed by atoms with Crippen molar-refractivity contribution >= 4 is 11.6 Å². The van der Waals surface area contributed by atoms with Gasteiger partial charge in [0.05, 0.1) is 6.61 Å². The van der Waals surface area contributed by atoms with Crippen molar-refractivity contribution in [2.24, 2.45) is 5.92 Å². The van der Waals surface area contributed by atoms with Crippen LogP contribution in [0.5, 0.6) is 0 Å². The van der Waals surface area contributed by atoms with E-state index in [2.05, 4.69) is 27.5 Å². The average molecular weight is 238 g/mol. The molecular formula is C12H22N4O. The summed E-state index contributed by atoms with van der Waals surface area (Å²) >= 11 is 0. The van der Waals surface area contributed by atoms with Crippen molar-refractivity contribution in [3.05, 3.63) is 11.9 Å². The van der Waals surface area contributed by atoms with Gasteiger partial charge in [0.15, 0.2) is 0 Å². The van der Waals surface area contributed by atoms with Crippen molar-refractivity contribution in [2.45, 2.75) is 20.8 Å². The molecule has 1 rings (SSSR count). The lowest BCUT2D eigenvalue weighted by atomic mass is 10.2. The van der Waals surface area contributed by atoms with E-state index >= 15 is 0 Å². The Kier molecular flexibility index (Phi) is 5.69. The summed E-state index contributed by atoms with van der Waals surface area (Å²) < 4.78 is 5.09. The largest absolute Gasteiger partial charge is 0.384 e. The molecule has 0 amide bonds. The van der Waals surface area contributed by atoms with Crippen LogP contribution in [0.2, 0.25) is 0 Å². The predicted octanol–water partition coefficient (Wildman–Crippen LogP) is 1.91. The van der Waals surface area contributed by atoms with Crippen molar-refractivity contribution < 1.29 is 4.74 Å². The second-order valence-electron chi connectivity index (χ2n) is 4.16. The third kappa shape index (κ3) is 4.99. The van der Waals surface area contributed by atoms with Crippen molar-refractivity contribution in [1.29, 1.82) is 0 Å². The van der Waals surface area contributed by atoms with E-state index in [9.17, 15) is 0 Å². The molecule has 0 spiro atoms. The number of rotatable bonds is 7. The lowest BCUT2D eigenvalue weighted by Gasteiger charge is -2.13. The molecule has 17 heavy (non-hydrogen) atoms. The summed E-state index contributed by atoms with van der Waals surface area (Å²) in [6.07, 6.45) is 0. The van der Waals surface area contributed by atoms with Gasteiger partial charge < -0.3 is 15.4 Å². The molecule has 1 unspecified atom stereocenters. The minimum Gasteiger partial charge on any atom is -0.384 e. The Hall–Kier alpha value is -1.36. The molecule has 0 bridgehead atoms. The average Bonchev–Trinajstić information content (AvgIpc) is 2.26. The first-order valence-corrected chi connectivity index (χ1v) is 5.98. The Balaban J connectivity index is 2.57. The molecule has 1 aromatic rings. The minimum absolute atomic E-state index is 0.456. The van der Waals surface area contributed by atoms with Crippen LogP contribution in [0.25, 0.3) is 0 Å². The van der Waals surface area contributed by atoms with Crippen LogP contribution in [0.1, 0.15) is 19.7 Å². The van der Waals surface area contributed by atoms with Crippen LogP contribution in [-0.2, 0) is 4.74 Å². The van der Waals surface area contributed by atoms with Gasteiger partial charge in [-0.25, -0.2) is 9.97 Å². The number of nitrogens with zero attached hydrogens (tertiary/aromatic N) is 2. The molecule has 0 aliphatic rings. The molecule has 5 nitrogen and oxygen atoms in total. The first-order valence-electron chi connectivity index (χ1n) is 5.98. The number of ether oxygens (including phenoxy) is 1. The molecule has 96 valence electrons. The highest BCUT2D eigenvalue weighted by molar-refractivity contribution is 5.47. The number of aryl methyl sites for hydroxylation is 1. The smallest absolute Gasteiger partial charge is 0.131 e. The standard InChI is InChI=1S/C12H22N4O/c1-5-13-11-6-12(16-10(3)15-11)14-7-9(2)8-17-4/h6,9H,5,7-8H2,1-4H3,(H2,13,14,15,16). The Morgan fingerprint density at radius 3 is 2.53 bits per heavy atom. The number of nitrogens with one attached hydrogen (secondary N) is 2. The number of hydrogen-bond acceptors (Lipinski definition) is 5. The summed E-state index contributed by atoms with van der Waals surface area (Å²) in [4.78, 5) is 8.65. The normalized spacial score (nSPS) is 12.2. The van der Waals surface area contributed by atoms with Crippen LogP contribution in [0.4, 0.5) is 11.6 Å². The maximum absolute atomic E-state index is 5.09. The highest BCUT2D eigenvalue weighted by atomic mass is 16.5. The molecule has 5 heteroatoms. The monoisotopic (exact) mass is 238 g/mol. The van der Waals surface area contributed by atoms with E-state index in [-0.39, 0.29) is 0 Å². The van der Waals surface area contributed by atoms with Crippen molar-refractivity contribution in [3.8, 4) is 0 Å². The molecule has 1 aromatic heterocycles. The van der Waals surface area contributed by atoms with E-state index in [1.165, 1.54) is 0 Å². The van der Waals surface area contributed by atoms with Gasteiger partial charge in [-0.15, -0.1) is 0 Å². The molecule has 0 fully saturated rings. The van der Waals surface area contributed by atoms with Gasteiger partial charge in [-0.05, 0) is 19.8 Å². The molecule has 1 atom stereocenters. The van der Waals surface area contributed by atoms with E-state index in [0.29, 0.717) is 5.92 Å². The van der Waals surface area contributed by atoms with Gasteiger partial charge >= 0.3 is 0 Å². The third-order valence-corrected chi connectivity index (χ3v) is 2.28. The van der Waals surface area contributed by atoms with Gasteiger partial charge in [-0.2, -0.15) is 0 Å². The van der Waals surface area contributed by atoms with E-state index in [1.54, 1.807) is 7.11 Å². The van der Waals surface area contributed by atoms with Gasteiger partial charge in [0.2, 0.25) is 0 Å². The van der Waals surface area contributed by atoms with Gasteiger partial charge in [0, 0.05) is 26.3 Å². The van der Waals surface area contributed by atoms with Crippen molar-refractivity contribution in [1.82, 2.24) is 9.97 Å². The molecule has 0 aliphatic heterocycles. The highest BCUT2D eigenvalue weighted by Crippen LogP contribution is 2.11. The Bertz CT molecular complexity index is 343. The second kappa shape index (κ2) is 7.06. The van der Waals surface area contributed by atoms with Gasteiger partial charge in [-0.3, -0.25) is 0 Å². The zero-order valence-electron chi connectivity index (χ0n) is 11.1. The Labute approximate surface area is 103 Å².